The van der Waals surface area contributed by atoms with Crippen molar-refractivity contribution >= 4 is 0 Å². The molecule has 0 bridgehead atoms. The van der Waals surface area contributed by atoms with Gasteiger partial charge in [-0.05, 0) is 29.8 Å². The third-order valence-corrected chi connectivity index (χ3v) is 2.84. The topological polar surface area (TPSA) is 48.8 Å². The second-order valence-electron chi connectivity index (χ2n) is 4.12. The average molecular weight is 254 g/mol. The Kier molecular flexibility index (Phi) is 4.57. The number of rotatable bonds is 2. The van der Waals surface area contributed by atoms with Gasteiger partial charge in [-0.2, -0.15) is 0 Å². The molecule has 3 aromatic rings. The Morgan fingerprint density at radius 3 is 2.15 bits per heavy atom. The molecular formula is C16H11LiN2O. The summed E-state index contributed by atoms with van der Waals surface area (Å²) in [5.74, 6) is -0.0202. The van der Waals surface area contributed by atoms with Gasteiger partial charge in [-0.3, -0.25) is 4.98 Å². The maximum atomic E-state index is 11.8. The summed E-state index contributed by atoms with van der Waals surface area (Å²) in [5.41, 5.74) is 2.85. The summed E-state index contributed by atoms with van der Waals surface area (Å²) in [6, 6.07) is 18.2. The van der Waals surface area contributed by atoms with E-state index in [0.717, 1.165) is 11.4 Å². The van der Waals surface area contributed by atoms with Crippen LogP contribution in [0, 0.1) is 0 Å². The van der Waals surface area contributed by atoms with Crippen LogP contribution in [0.3, 0.4) is 0 Å². The molecule has 3 nitrogen and oxygen atoms in total. The van der Waals surface area contributed by atoms with Gasteiger partial charge in [0.1, 0.15) is 0 Å². The molecule has 4 heteroatoms. The summed E-state index contributed by atoms with van der Waals surface area (Å²) in [7, 11) is 0. The van der Waals surface area contributed by atoms with Crippen molar-refractivity contribution in [2.45, 2.75) is 0 Å². The molecule has 20 heavy (non-hydrogen) atoms. The first-order chi connectivity index (χ1) is 9.34. The molecule has 0 aliphatic rings. The van der Waals surface area contributed by atoms with Gasteiger partial charge in [-0.15, -0.1) is 0 Å². The Labute approximate surface area is 129 Å². The molecular weight excluding hydrogens is 243 g/mol. The maximum absolute atomic E-state index is 11.8. The van der Waals surface area contributed by atoms with Crippen molar-refractivity contribution in [2.24, 2.45) is 0 Å². The summed E-state index contributed by atoms with van der Waals surface area (Å²) in [5, 5.41) is 11.8. The zero-order valence-electron chi connectivity index (χ0n) is 11.2. The van der Waals surface area contributed by atoms with Gasteiger partial charge >= 0.3 is 18.9 Å². The fourth-order valence-electron chi connectivity index (χ4n) is 1.92. The zero-order valence-corrected chi connectivity index (χ0v) is 11.2. The first-order valence-electron chi connectivity index (χ1n) is 5.99. The quantitative estimate of drug-likeness (QED) is 0.599. The van der Waals surface area contributed by atoms with Crippen LogP contribution in [-0.4, -0.2) is 9.97 Å². The third kappa shape index (κ3) is 2.91. The minimum atomic E-state index is -0.0202. The Hall–Kier alpha value is -2.08. The van der Waals surface area contributed by atoms with Gasteiger partial charge in [0.05, 0.1) is 17.1 Å². The molecule has 1 aromatic carbocycles. The van der Waals surface area contributed by atoms with Gasteiger partial charge in [0.2, 0.25) is 0 Å². The SMILES string of the molecule is [Li+].[O-]c1ccccc1-c1cccc(-c2ccccn2)n1. The minimum absolute atomic E-state index is 0. The number of para-hydroxylation sites is 1. The fourth-order valence-corrected chi connectivity index (χ4v) is 1.92. The van der Waals surface area contributed by atoms with Crippen LogP contribution < -0.4 is 24.0 Å². The van der Waals surface area contributed by atoms with Crippen molar-refractivity contribution < 1.29 is 24.0 Å². The summed E-state index contributed by atoms with van der Waals surface area (Å²) in [6.07, 6.45) is 1.73. The van der Waals surface area contributed by atoms with E-state index in [1.165, 1.54) is 0 Å². The Bertz CT molecular complexity index is 702. The van der Waals surface area contributed by atoms with Crippen LogP contribution in [0.5, 0.6) is 5.75 Å². The van der Waals surface area contributed by atoms with E-state index in [0.29, 0.717) is 11.3 Å². The third-order valence-electron chi connectivity index (χ3n) is 2.84. The monoisotopic (exact) mass is 254 g/mol. The molecule has 2 heterocycles. The summed E-state index contributed by atoms with van der Waals surface area (Å²) >= 11 is 0. The zero-order chi connectivity index (χ0) is 13.1. The largest absolute Gasteiger partial charge is 1.00 e. The van der Waals surface area contributed by atoms with Crippen molar-refractivity contribution in [3.05, 3.63) is 66.9 Å². The number of benzene rings is 1. The number of pyridine rings is 2. The molecule has 0 saturated carbocycles. The van der Waals surface area contributed by atoms with Crippen LogP contribution in [0.4, 0.5) is 0 Å². The van der Waals surface area contributed by atoms with Gasteiger partial charge < -0.3 is 5.11 Å². The minimum Gasteiger partial charge on any atom is -0.872 e. The molecule has 2 aromatic heterocycles. The number of hydrogen-bond acceptors (Lipinski definition) is 3. The molecule has 0 unspecified atom stereocenters. The van der Waals surface area contributed by atoms with Gasteiger partial charge in [0.15, 0.2) is 0 Å². The van der Waals surface area contributed by atoms with Crippen molar-refractivity contribution in [1.82, 2.24) is 9.97 Å². The molecule has 0 aliphatic heterocycles. The summed E-state index contributed by atoms with van der Waals surface area (Å²) in [4.78, 5) is 8.78. The van der Waals surface area contributed by atoms with E-state index in [-0.39, 0.29) is 24.6 Å². The molecule has 0 aliphatic carbocycles. The molecule has 0 saturated heterocycles. The molecule has 0 atom stereocenters. The second-order valence-corrected chi connectivity index (χ2v) is 4.12. The molecule has 0 spiro atoms. The number of aromatic nitrogens is 2. The van der Waals surface area contributed by atoms with Gasteiger partial charge in [-0.25, -0.2) is 4.98 Å². The molecule has 0 N–H and O–H groups in total. The number of hydrogen-bond donors (Lipinski definition) is 0. The molecule has 0 radical (unpaired) electrons. The van der Waals surface area contributed by atoms with Crippen LogP contribution in [0.15, 0.2) is 66.9 Å². The molecule has 3 rings (SSSR count). The Morgan fingerprint density at radius 1 is 0.700 bits per heavy atom. The van der Waals surface area contributed by atoms with E-state index in [4.69, 9.17) is 0 Å². The summed E-state index contributed by atoms with van der Waals surface area (Å²) in [6.45, 7) is 0. The van der Waals surface area contributed by atoms with Crippen LogP contribution in [0.2, 0.25) is 0 Å². The fraction of sp³-hybridized carbons (Fsp3) is 0. The van der Waals surface area contributed by atoms with Gasteiger partial charge in [0.25, 0.3) is 0 Å². The van der Waals surface area contributed by atoms with Crippen molar-refractivity contribution in [2.75, 3.05) is 0 Å². The maximum Gasteiger partial charge on any atom is 1.00 e. The normalized spacial score (nSPS) is 9.80. The molecule has 0 amide bonds. The van der Waals surface area contributed by atoms with E-state index in [2.05, 4.69) is 9.97 Å². The van der Waals surface area contributed by atoms with E-state index in [9.17, 15) is 5.11 Å². The molecule has 0 fully saturated rings. The van der Waals surface area contributed by atoms with Crippen LogP contribution in [-0.2, 0) is 0 Å². The van der Waals surface area contributed by atoms with E-state index in [1.54, 1.807) is 24.4 Å². The Morgan fingerprint density at radius 2 is 1.40 bits per heavy atom. The van der Waals surface area contributed by atoms with Crippen LogP contribution in [0.25, 0.3) is 22.6 Å². The second kappa shape index (κ2) is 6.38. The van der Waals surface area contributed by atoms with Gasteiger partial charge in [-0.1, -0.05) is 42.1 Å². The van der Waals surface area contributed by atoms with E-state index >= 15 is 0 Å². The van der Waals surface area contributed by atoms with Crippen LogP contribution >= 0.6 is 0 Å². The predicted molar refractivity (Wildman–Crippen MR) is 72.4 cm³/mol. The van der Waals surface area contributed by atoms with Crippen molar-refractivity contribution in [3.63, 3.8) is 0 Å². The average Bonchev–Trinajstić information content (AvgIpc) is 2.49. The first-order valence-corrected chi connectivity index (χ1v) is 5.99. The molecule has 92 valence electrons. The Balaban J connectivity index is 0.00000147. The first kappa shape index (κ1) is 14.3. The van der Waals surface area contributed by atoms with Crippen LogP contribution in [0.1, 0.15) is 0 Å². The predicted octanol–water partition coefficient (Wildman–Crippen LogP) is -0.112. The van der Waals surface area contributed by atoms with E-state index < -0.39 is 0 Å². The van der Waals surface area contributed by atoms with Crippen molar-refractivity contribution in [3.8, 4) is 28.4 Å². The van der Waals surface area contributed by atoms with E-state index in [1.807, 2.05) is 42.5 Å². The number of nitrogens with zero attached hydrogens (tertiary/aromatic N) is 2. The van der Waals surface area contributed by atoms with Gasteiger partial charge in [0, 0.05) is 6.20 Å². The smallest absolute Gasteiger partial charge is 0.872 e. The standard InChI is InChI=1S/C16H12N2O.Li/c19-16-10-2-1-6-12(16)13-8-5-9-15(18-13)14-7-3-4-11-17-14;/h1-11,19H;/q;+1/p-1. The van der Waals surface area contributed by atoms with Crippen molar-refractivity contribution in [1.29, 1.82) is 0 Å². The summed E-state index contributed by atoms with van der Waals surface area (Å²) < 4.78 is 0.